The smallest absolute Gasteiger partial charge is 0.256 e. The van der Waals surface area contributed by atoms with Crippen LogP contribution in [0.4, 0.5) is 10.1 Å². The van der Waals surface area contributed by atoms with E-state index in [1.807, 2.05) is 32.0 Å². The number of halogens is 2. The molecule has 0 saturated heterocycles. The molecule has 2 rings (SSSR count). The number of amides is 1. The van der Waals surface area contributed by atoms with E-state index >= 15 is 0 Å². The molecule has 0 unspecified atom stereocenters. The fourth-order valence-corrected chi connectivity index (χ4v) is 2.30. The summed E-state index contributed by atoms with van der Waals surface area (Å²) in [5.74, 6) is -0.623. The zero-order chi connectivity index (χ0) is 14.0. The molecule has 0 aliphatic carbocycles. The number of hydrogen-bond acceptors (Lipinski definition) is 1. The Hall–Kier alpha value is -1.68. The molecule has 0 bridgehead atoms. The van der Waals surface area contributed by atoms with Crippen molar-refractivity contribution in [1.82, 2.24) is 0 Å². The summed E-state index contributed by atoms with van der Waals surface area (Å²) in [5, 5.41) is 2.72. The average Bonchev–Trinajstić information content (AvgIpc) is 2.33. The van der Waals surface area contributed by atoms with Gasteiger partial charge in [-0.05, 0) is 59.1 Å². The Morgan fingerprint density at radius 2 is 1.79 bits per heavy atom. The summed E-state index contributed by atoms with van der Waals surface area (Å²) in [6.07, 6.45) is 0. The maximum atomic E-state index is 13.2. The SMILES string of the molecule is Cc1cccc(C)c1C(=O)Nc1cc(F)ccc1Br. The van der Waals surface area contributed by atoms with Gasteiger partial charge in [0, 0.05) is 10.0 Å². The molecule has 0 atom stereocenters. The third-order valence-electron chi connectivity index (χ3n) is 2.88. The highest BCUT2D eigenvalue weighted by Crippen LogP contribution is 2.24. The minimum absolute atomic E-state index is 0.234. The molecule has 0 saturated carbocycles. The zero-order valence-corrected chi connectivity index (χ0v) is 12.2. The minimum atomic E-state index is -0.389. The van der Waals surface area contributed by atoms with Crippen LogP contribution < -0.4 is 5.32 Å². The number of nitrogens with one attached hydrogen (secondary N) is 1. The molecule has 0 heterocycles. The first kappa shape index (κ1) is 13.7. The van der Waals surface area contributed by atoms with Crippen molar-refractivity contribution < 1.29 is 9.18 Å². The van der Waals surface area contributed by atoms with Gasteiger partial charge in [0.05, 0.1) is 5.69 Å². The molecule has 2 aromatic carbocycles. The van der Waals surface area contributed by atoms with E-state index in [-0.39, 0.29) is 11.7 Å². The first-order valence-corrected chi connectivity index (χ1v) is 6.61. The Morgan fingerprint density at radius 1 is 1.16 bits per heavy atom. The van der Waals surface area contributed by atoms with E-state index in [0.717, 1.165) is 11.1 Å². The van der Waals surface area contributed by atoms with Crippen molar-refractivity contribution in [3.8, 4) is 0 Å². The topological polar surface area (TPSA) is 29.1 Å². The van der Waals surface area contributed by atoms with Gasteiger partial charge in [-0.25, -0.2) is 4.39 Å². The molecule has 0 aliphatic rings. The van der Waals surface area contributed by atoms with E-state index < -0.39 is 0 Å². The van der Waals surface area contributed by atoms with Crippen molar-refractivity contribution in [2.24, 2.45) is 0 Å². The highest BCUT2D eigenvalue weighted by Gasteiger charge is 2.13. The highest BCUT2D eigenvalue weighted by atomic mass is 79.9. The molecule has 4 heteroatoms. The van der Waals surface area contributed by atoms with Gasteiger partial charge in [-0.1, -0.05) is 18.2 Å². The summed E-state index contributed by atoms with van der Waals surface area (Å²) < 4.78 is 13.8. The lowest BCUT2D eigenvalue weighted by Gasteiger charge is -2.11. The van der Waals surface area contributed by atoms with Gasteiger partial charge in [-0.15, -0.1) is 0 Å². The predicted octanol–water partition coefficient (Wildman–Crippen LogP) is 4.46. The Balaban J connectivity index is 2.34. The normalized spacial score (nSPS) is 10.3. The Bertz CT molecular complexity index is 620. The maximum absolute atomic E-state index is 13.2. The van der Waals surface area contributed by atoms with E-state index in [2.05, 4.69) is 21.2 Å². The Kier molecular flexibility index (Phi) is 4.00. The first-order chi connectivity index (χ1) is 8.99. The van der Waals surface area contributed by atoms with Crippen molar-refractivity contribution in [3.05, 3.63) is 63.4 Å². The molecule has 2 aromatic rings. The molecule has 0 aromatic heterocycles. The van der Waals surface area contributed by atoms with Crippen molar-refractivity contribution >= 4 is 27.5 Å². The maximum Gasteiger partial charge on any atom is 0.256 e. The van der Waals surface area contributed by atoms with Gasteiger partial charge in [-0.2, -0.15) is 0 Å². The molecule has 1 amide bonds. The van der Waals surface area contributed by atoms with Crippen LogP contribution in [0.25, 0.3) is 0 Å². The van der Waals surface area contributed by atoms with Crippen LogP contribution in [0.5, 0.6) is 0 Å². The molecule has 19 heavy (non-hydrogen) atoms. The number of aryl methyl sites for hydroxylation is 2. The summed E-state index contributed by atoms with van der Waals surface area (Å²) in [6.45, 7) is 3.76. The second kappa shape index (κ2) is 5.53. The second-order valence-corrected chi connectivity index (χ2v) is 5.20. The number of carbonyl (C=O) groups is 1. The number of rotatable bonds is 2. The molecular weight excluding hydrogens is 309 g/mol. The number of anilines is 1. The number of benzene rings is 2. The van der Waals surface area contributed by atoms with Gasteiger partial charge in [0.25, 0.3) is 5.91 Å². The molecule has 1 N–H and O–H groups in total. The largest absolute Gasteiger partial charge is 0.321 e. The number of hydrogen-bond donors (Lipinski definition) is 1. The fourth-order valence-electron chi connectivity index (χ4n) is 1.95. The Morgan fingerprint density at radius 3 is 2.42 bits per heavy atom. The van der Waals surface area contributed by atoms with Crippen LogP contribution in [-0.4, -0.2) is 5.91 Å². The van der Waals surface area contributed by atoms with Crippen LogP contribution in [-0.2, 0) is 0 Å². The average molecular weight is 322 g/mol. The molecule has 2 nitrogen and oxygen atoms in total. The van der Waals surface area contributed by atoms with E-state index in [0.29, 0.717) is 15.7 Å². The van der Waals surface area contributed by atoms with Crippen molar-refractivity contribution in [3.63, 3.8) is 0 Å². The van der Waals surface area contributed by atoms with Crippen LogP contribution in [0.15, 0.2) is 40.9 Å². The zero-order valence-electron chi connectivity index (χ0n) is 10.6. The van der Waals surface area contributed by atoms with Gasteiger partial charge in [0.2, 0.25) is 0 Å². The van der Waals surface area contributed by atoms with E-state index in [1.54, 1.807) is 6.07 Å². The first-order valence-electron chi connectivity index (χ1n) is 5.81. The van der Waals surface area contributed by atoms with Gasteiger partial charge >= 0.3 is 0 Å². The highest BCUT2D eigenvalue weighted by molar-refractivity contribution is 9.10. The third kappa shape index (κ3) is 3.01. The second-order valence-electron chi connectivity index (χ2n) is 4.35. The molecule has 98 valence electrons. The lowest BCUT2D eigenvalue weighted by molar-refractivity contribution is 0.102. The van der Waals surface area contributed by atoms with Crippen LogP contribution in [0, 0.1) is 19.7 Å². The van der Waals surface area contributed by atoms with Gasteiger partial charge in [-0.3, -0.25) is 4.79 Å². The third-order valence-corrected chi connectivity index (χ3v) is 3.58. The predicted molar refractivity (Wildman–Crippen MR) is 78.0 cm³/mol. The van der Waals surface area contributed by atoms with Crippen molar-refractivity contribution in [2.75, 3.05) is 5.32 Å². The van der Waals surface area contributed by atoms with Crippen LogP contribution in [0.3, 0.4) is 0 Å². The molecule has 0 spiro atoms. The summed E-state index contributed by atoms with van der Waals surface area (Å²) in [5.41, 5.74) is 2.83. The van der Waals surface area contributed by atoms with Crippen molar-refractivity contribution in [1.29, 1.82) is 0 Å². The van der Waals surface area contributed by atoms with Gasteiger partial charge in [0.15, 0.2) is 0 Å². The van der Waals surface area contributed by atoms with Crippen LogP contribution in [0.1, 0.15) is 21.5 Å². The molecule has 0 fully saturated rings. The van der Waals surface area contributed by atoms with Crippen LogP contribution in [0.2, 0.25) is 0 Å². The molecular formula is C15H13BrFNO. The van der Waals surface area contributed by atoms with Crippen molar-refractivity contribution in [2.45, 2.75) is 13.8 Å². The van der Waals surface area contributed by atoms with E-state index in [1.165, 1.54) is 12.1 Å². The minimum Gasteiger partial charge on any atom is -0.321 e. The monoisotopic (exact) mass is 321 g/mol. The lowest BCUT2D eigenvalue weighted by Crippen LogP contribution is -2.15. The Labute approximate surface area is 119 Å². The van der Waals surface area contributed by atoms with E-state index in [9.17, 15) is 9.18 Å². The number of carbonyl (C=O) groups excluding carboxylic acids is 1. The molecule has 0 radical (unpaired) electrons. The summed E-state index contributed by atoms with van der Waals surface area (Å²) in [7, 11) is 0. The summed E-state index contributed by atoms with van der Waals surface area (Å²) in [4.78, 5) is 12.3. The van der Waals surface area contributed by atoms with Gasteiger partial charge < -0.3 is 5.32 Å². The fraction of sp³-hybridized carbons (Fsp3) is 0.133. The van der Waals surface area contributed by atoms with Crippen LogP contribution >= 0.6 is 15.9 Å². The lowest BCUT2D eigenvalue weighted by atomic mass is 10.0. The summed E-state index contributed by atoms with van der Waals surface area (Å²) in [6, 6.07) is 9.84. The van der Waals surface area contributed by atoms with E-state index in [4.69, 9.17) is 0 Å². The standard InChI is InChI=1S/C15H13BrFNO/c1-9-4-3-5-10(2)14(9)15(19)18-13-8-11(17)6-7-12(13)16/h3-8H,1-2H3,(H,18,19). The molecule has 0 aliphatic heterocycles. The summed E-state index contributed by atoms with van der Waals surface area (Å²) >= 11 is 3.29. The van der Waals surface area contributed by atoms with Gasteiger partial charge in [0.1, 0.15) is 5.82 Å². The quantitative estimate of drug-likeness (QED) is 0.869.